The summed E-state index contributed by atoms with van der Waals surface area (Å²) in [4.78, 5) is 30.4. The lowest BCUT2D eigenvalue weighted by molar-refractivity contribution is 0.0857. The Morgan fingerprint density at radius 2 is 1.75 bits per heavy atom. The van der Waals surface area contributed by atoms with Crippen LogP contribution in [0.25, 0.3) is 0 Å². The molecule has 1 aromatic heterocycles. The number of aryl methyl sites for hydroxylation is 2. The Kier molecular flexibility index (Phi) is 5.16. The van der Waals surface area contributed by atoms with E-state index in [2.05, 4.69) is 4.98 Å². The number of hydrogen-bond acceptors (Lipinski definition) is 3. The van der Waals surface area contributed by atoms with Crippen LogP contribution in [0.1, 0.15) is 56.2 Å². The van der Waals surface area contributed by atoms with Crippen molar-refractivity contribution in [1.82, 2.24) is 4.98 Å². The number of rotatable bonds is 5. The first-order valence-electron chi connectivity index (χ1n) is 9.75. The molecule has 0 aliphatic heterocycles. The summed E-state index contributed by atoms with van der Waals surface area (Å²) in [6, 6.07) is 19.4. The van der Waals surface area contributed by atoms with E-state index in [1.807, 2.05) is 67.6 Å². The molecule has 3 nitrogen and oxygen atoms in total. The second-order valence-electron chi connectivity index (χ2n) is 7.55. The van der Waals surface area contributed by atoms with Crippen molar-refractivity contribution < 1.29 is 9.59 Å². The molecule has 3 heteroatoms. The van der Waals surface area contributed by atoms with Gasteiger partial charge in [0, 0.05) is 41.8 Å². The lowest BCUT2D eigenvalue weighted by Crippen LogP contribution is -2.29. The van der Waals surface area contributed by atoms with E-state index in [9.17, 15) is 9.59 Å². The first-order valence-corrected chi connectivity index (χ1v) is 9.75. The summed E-state index contributed by atoms with van der Waals surface area (Å²) in [6.07, 6.45) is 5.43. The van der Waals surface area contributed by atoms with Crippen molar-refractivity contribution >= 4 is 11.6 Å². The maximum absolute atomic E-state index is 13.3. The Hall–Kier alpha value is -3.07. The molecule has 2 unspecified atom stereocenters. The third kappa shape index (κ3) is 3.65. The van der Waals surface area contributed by atoms with Crippen molar-refractivity contribution in [3.63, 3.8) is 0 Å². The molecule has 4 rings (SSSR count). The molecule has 1 aliphatic rings. The summed E-state index contributed by atoms with van der Waals surface area (Å²) in [5.74, 6) is -0.0989. The van der Waals surface area contributed by atoms with Crippen LogP contribution in [0.15, 0.2) is 73.1 Å². The summed E-state index contributed by atoms with van der Waals surface area (Å²) in [7, 11) is 0. The van der Waals surface area contributed by atoms with Crippen molar-refractivity contribution in [1.29, 1.82) is 0 Å². The molecule has 0 radical (unpaired) electrons. The van der Waals surface area contributed by atoms with Crippen LogP contribution in [-0.4, -0.2) is 16.6 Å². The molecule has 2 atom stereocenters. The zero-order valence-corrected chi connectivity index (χ0v) is 16.0. The van der Waals surface area contributed by atoms with Gasteiger partial charge in [0.25, 0.3) is 0 Å². The number of nitrogens with zero attached hydrogens (tertiary/aromatic N) is 1. The average molecular weight is 369 g/mol. The third-order valence-electron chi connectivity index (χ3n) is 5.74. The van der Waals surface area contributed by atoms with Gasteiger partial charge < -0.3 is 0 Å². The van der Waals surface area contributed by atoms with Gasteiger partial charge in [-0.1, -0.05) is 54.1 Å². The van der Waals surface area contributed by atoms with Gasteiger partial charge in [-0.25, -0.2) is 0 Å². The molecule has 140 valence electrons. The van der Waals surface area contributed by atoms with Crippen molar-refractivity contribution in [3.05, 3.63) is 101 Å². The fourth-order valence-corrected chi connectivity index (χ4v) is 4.16. The Labute approximate surface area is 165 Å². The molecule has 3 aromatic rings. The van der Waals surface area contributed by atoms with E-state index in [0.717, 1.165) is 35.1 Å². The zero-order chi connectivity index (χ0) is 19.5. The molecule has 2 aromatic carbocycles. The van der Waals surface area contributed by atoms with Gasteiger partial charge in [-0.15, -0.1) is 0 Å². The highest BCUT2D eigenvalue weighted by atomic mass is 16.1. The van der Waals surface area contributed by atoms with E-state index in [-0.39, 0.29) is 23.4 Å². The molecule has 0 amide bonds. The maximum Gasteiger partial charge on any atom is 0.166 e. The molecule has 28 heavy (non-hydrogen) atoms. The summed E-state index contributed by atoms with van der Waals surface area (Å²) in [5, 5.41) is 0. The molecule has 0 fully saturated rings. The van der Waals surface area contributed by atoms with Crippen molar-refractivity contribution in [2.45, 2.75) is 32.1 Å². The number of aromatic nitrogens is 1. The molecule has 0 saturated heterocycles. The van der Waals surface area contributed by atoms with E-state index in [1.165, 1.54) is 0 Å². The van der Waals surface area contributed by atoms with Gasteiger partial charge in [-0.3, -0.25) is 14.6 Å². The molecular weight excluding hydrogens is 346 g/mol. The van der Waals surface area contributed by atoms with Crippen molar-refractivity contribution in [3.8, 4) is 0 Å². The van der Waals surface area contributed by atoms with Crippen LogP contribution in [0, 0.1) is 12.8 Å². The Bertz CT molecular complexity index is 993. The van der Waals surface area contributed by atoms with Crippen molar-refractivity contribution in [2.75, 3.05) is 0 Å². The van der Waals surface area contributed by atoms with E-state index in [1.54, 1.807) is 12.4 Å². The van der Waals surface area contributed by atoms with Gasteiger partial charge in [0.1, 0.15) is 0 Å². The lowest BCUT2D eigenvalue weighted by atomic mass is 9.72. The first-order chi connectivity index (χ1) is 13.6. The van der Waals surface area contributed by atoms with Crippen LogP contribution in [-0.2, 0) is 6.42 Å². The van der Waals surface area contributed by atoms with Gasteiger partial charge in [-0.05, 0) is 43.0 Å². The number of carbonyl (C=O) groups is 2. The third-order valence-corrected chi connectivity index (χ3v) is 5.74. The van der Waals surface area contributed by atoms with Gasteiger partial charge >= 0.3 is 0 Å². The molecule has 0 bridgehead atoms. The molecular formula is C25H23NO2. The van der Waals surface area contributed by atoms with Crippen LogP contribution < -0.4 is 0 Å². The quantitative estimate of drug-likeness (QED) is 0.581. The summed E-state index contributed by atoms with van der Waals surface area (Å²) < 4.78 is 0. The number of benzene rings is 2. The van der Waals surface area contributed by atoms with Crippen LogP contribution in [0.3, 0.4) is 0 Å². The normalized spacial score (nSPS) is 17.0. The highest BCUT2D eigenvalue weighted by Crippen LogP contribution is 2.38. The van der Waals surface area contributed by atoms with Gasteiger partial charge in [0.05, 0.1) is 0 Å². The SMILES string of the molecule is Cc1ccc(C(=O)CC(c2ccncc2)C2CCc3ccccc3C2=O)cc1. The van der Waals surface area contributed by atoms with Crippen LogP contribution in [0.5, 0.6) is 0 Å². The van der Waals surface area contributed by atoms with Gasteiger partial charge in [0.2, 0.25) is 0 Å². The van der Waals surface area contributed by atoms with Gasteiger partial charge in [0.15, 0.2) is 11.6 Å². The second kappa shape index (κ2) is 7.89. The number of pyridine rings is 1. The summed E-state index contributed by atoms with van der Waals surface area (Å²) in [5.41, 5.74) is 4.76. The Balaban J connectivity index is 1.66. The second-order valence-corrected chi connectivity index (χ2v) is 7.55. The first kappa shape index (κ1) is 18.3. The van der Waals surface area contributed by atoms with Crippen LogP contribution in [0.2, 0.25) is 0 Å². The zero-order valence-electron chi connectivity index (χ0n) is 16.0. The Morgan fingerprint density at radius 1 is 1.04 bits per heavy atom. The predicted octanol–water partition coefficient (Wildman–Crippen LogP) is 5.19. The minimum Gasteiger partial charge on any atom is -0.294 e. The van der Waals surface area contributed by atoms with E-state index in [4.69, 9.17) is 0 Å². The number of fused-ring (bicyclic) bond motifs is 1. The van der Waals surface area contributed by atoms with Gasteiger partial charge in [-0.2, -0.15) is 0 Å². The summed E-state index contributed by atoms with van der Waals surface area (Å²) in [6.45, 7) is 2.01. The fraction of sp³-hybridized carbons (Fsp3) is 0.240. The Morgan fingerprint density at radius 3 is 2.50 bits per heavy atom. The molecule has 1 aliphatic carbocycles. The highest BCUT2D eigenvalue weighted by molar-refractivity contribution is 6.02. The minimum absolute atomic E-state index is 0.0773. The molecule has 0 N–H and O–H groups in total. The number of carbonyl (C=O) groups excluding carboxylic acids is 2. The monoisotopic (exact) mass is 369 g/mol. The minimum atomic E-state index is -0.188. The maximum atomic E-state index is 13.3. The molecule has 0 saturated carbocycles. The topological polar surface area (TPSA) is 47.0 Å². The molecule has 0 spiro atoms. The summed E-state index contributed by atoms with van der Waals surface area (Å²) >= 11 is 0. The lowest BCUT2D eigenvalue weighted by Gasteiger charge is -2.30. The smallest absolute Gasteiger partial charge is 0.166 e. The fourth-order valence-electron chi connectivity index (χ4n) is 4.16. The average Bonchev–Trinajstić information content (AvgIpc) is 2.74. The highest BCUT2D eigenvalue weighted by Gasteiger charge is 2.35. The number of hydrogen-bond donors (Lipinski definition) is 0. The van der Waals surface area contributed by atoms with Crippen LogP contribution in [0.4, 0.5) is 0 Å². The van der Waals surface area contributed by atoms with Crippen LogP contribution >= 0.6 is 0 Å². The number of Topliss-reactive ketones (excluding diaryl/α,β-unsaturated/α-hetero) is 2. The predicted molar refractivity (Wildman–Crippen MR) is 110 cm³/mol. The molecule has 1 heterocycles. The number of ketones is 2. The largest absolute Gasteiger partial charge is 0.294 e. The van der Waals surface area contributed by atoms with E-state index >= 15 is 0 Å². The van der Waals surface area contributed by atoms with E-state index < -0.39 is 0 Å². The van der Waals surface area contributed by atoms with E-state index in [0.29, 0.717) is 12.0 Å². The van der Waals surface area contributed by atoms with Crippen molar-refractivity contribution in [2.24, 2.45) is 5.92 Å². The standard InChI is InChI=1S/C25H23NO2/c1-17-6-8-20(9-7-17)24(27)16-23(19-12-14-26-15-13-19)22-11-10-18-4-2-3-5-21(18)25(22)28/h2-9,12-15,22-23H,10-11,16H2,1H3.